The Morgan fingerprint density at radius 2 is 1.73 bits per heavy atom. The molecule has 1 N–H and O–H groups in total. The average Bonchev–Trinajstić information content (AvgIpc) is 2.79. The zero-order valence-electron chi connectivity index (χ0n) is 14.8. The second kappa shape index (κ2) is 8.24. The first-order valence-electron chi connectivity index (χ1n) is 8.29. The number of hydrogen-bond acceptors (Lipinski definition) is 3. The van der Waals surface area contributed by atoms with E-state index in [0.29, 0.717) is 17.9 Å². The minimum Gasteiger partial charge on any atom is -0.320 e. The van der Waals surface area contributed by atoms with E-state index in [0.717, 1.165) is 29.3 Å². The first kappa shape index (κ1) is 20.5. The lowest BCUT2D eigenvalue weighted by molar-refractivity contribution is 0.586. The lowest BCUT2D eigenvalue weighted by Crippen LogP contribution is -2.36. The van der Waals surface area contributed by atoms with Crippen LogP contribution in [-0.2, 0) is 10.2 Å². The molecular weight excluding hydrogens is 377 g/mol. The van der Waals surface area contributed by atoms with Gasteiger partial charge in [-0.25, -0.2) is 8.70 Å². The lowest BCUT2D eigenvalue weighted by atomic mass is 10.2. The Morgan fingerprint density at radius 3 is 2.38 bits per heavy atom. The van der Waals surface area contributed by atoms with Crippen molar-refractivity contribution < 1.29 is 12.8 Å². The van der Waals surface area contributed by atoms with Crippen molar-refractivity contribution in [2.75, 3.05) is 28.7 Å². The van der Waals surface area contributed by atoms with E-state index in [4.69, 9.17) is 0 Å². The summed E-state index contributed by atoms with van der Waals surface area (Å²) in [6.07, 6.45) is 1.59. The lowest BCUT2D eigenvalue weighted by Gasteiger charge is -2.22. The number of nitrogens with zero attached hydrogens (tertiary/aromatic N) is 2. The number of halogens is 2. The fourth-order valence-corrected chi connectivity index (χ4v) is 4.78. The summed E-state index contributed by atoms with van der Waals surface area (Å²) >= 11 is 0. The maximum absolute atomic E-state index is 14.5. The third-order valence-electron chi connectivity index (χ3n) is 4.24. The van der Waals surface area contributed by atoms with Crippen LogP contribution in [0.1, 0.15) is 18.4 Å². The van der Waals surface area contributed by atoms with Crippen molar-refractivity contribution in [1.82, 2.24) is 5.32 Å². The summed E-state index contributed by atoms with van der Waals surface area (Å²) in [5, 5.41) is 3.05. The minimum atomic E-state index is -3.86. The van der Waals surface area contributed by atoms with Gasteiger partial charge in [0.25, 0.3) is 0 Å². The van der Waals surface area contributed by atoms with Crippen LogP contribution in [0.5, 0.6) is 0 Å². The minimum absolute atomic E-state index is 0. The van der Waals surface area contributed by atoms with Crippen molar-refractivity contribution in [3.63, 3.8) is 0 Å². The van der Waals surface area contributed by atoms with E-state index in [9.17, 15) is 12.8 Å². The summed E-state index contributed by atoms with van der Waals surface area (Å²) in [6.45, 7) is 2.96. The Kier molecular flexibility index (Phi) is 6.49. The maximum atomic E-state index is 14.5. The Bertz CT molecular complexity index is 876. The van der Waals surface area contributed by atoms with Crippen LogP contribution in [0.4, 0.5) is 21.5 Å². The number of benzene rings is 2. The van der Waals surface area contributed by atoms with E-state index in [2.05, 4.69) is 5.32 Å². The van der Waals surface area contributed by atoms with Gasteiger partial charge in [-0.2, -0.15) is 8.42 Å². The molecule has 0 atom stereocenters. The van der Waals surface area contributed by atoms with Crippen LogP contribution in [0.2, 0.25) is 0 Å². The van der Waals surface area contributed by atoms with Crippen LogP contribution in [0.15, 0.2) is 42.5 Å². The third-order valence-corrected chi connectivity index (χ3v) is 6.03. The molecule has 142 valence electrons. The summed E-state index contributed by atoms with van der Waals surface area (Å²) in [5.41, 5.74) is 1.87. The van der Waals surface area contributed by atoms with Gasteiger partial charge < -0.3 is 5.32 Å². The molecule has 1 aliphatic rings. The molecule has 0 amide bonds. The average molecular weight is 400 g/mol. The fraction of sp³-hybridized carbons (Fsp3) is 0.333. The number of hydrogen-bond donors (Lipinski definition) is 1. The van der Waals surface area contributed by atoms with Crippen molar-refractivity contribution in [3.8, 4) is 0 Å². The van der Waals surface area contributed by atoms with E-state index in [1.165, 1.54) is 16.4 Å². The van der Waals surface area contributed by atoms with Crippen LogP contribution in [-0.4, -0.2) is 28.6 Å². The SMILES string of the molecule is CNCCCCN1c2ccccc2N(c2ccc(C)cc2F)S1(=O)=O.Cl. The maximum Gasteiger partial charge on any atom is 0.331 e. The van der Waals surface area contributed by atoms with Crippen molar-refractivity contribution in [1.29, 1.82) is 0 Å². The highest BCUT2D eigenvalue weighted by molar-refractivity contribution is 7.95. The number of anilines is 3. The van der Waals surface area contributed by atoms with Gasteiger partial charge in [-0.1, -0.05) is 18.2 Å². The third kappa shape index (κ3) is 3.65. The molecule has 0 saturated carbocycles. The van der Waals surface area contributed by atoms with Crippen LogP contribution in [0.25, 0.3) is 0 Å². The second-order valence-electron chi connectivity index (χ2n) is 6.10. The zero-order chi connectivity index (χ0) is 18.0. The highest BCUT2D eigenvalue weighted by Crippen LogP contribution is 2.45. The highest BCUT2D eigenvalue weighted by Gasteiger charge is 2.41. The quantitative estimate of drug-likeness (QED) is 0.752. The van der Waals surface area contributed by atoms with E-state index in [1.54, 1.807) is 37.3 Å². The molecule has 1 heterocycles. The number of rotatable bonds is 6. The van der Waals surface area contributed by atoms with Gasteiger partial charge in [0.2, 0.25) is 0 Å². The Balaban J connectivity index is 0.00000243. The Hall–Kier alpha value is -1.83. The predicted octanol–water partition coefficient (Wildman–Crippen LogP) is 3.76. The molecule has 1 aliphatic heterocycles. The number of aryl methyl sites for hydroxylation is 1. The van der Waals surface area contributed by atoms with Crippen molar-refractivity contribution >= 4 is 39.7 Å². The standard InChI is InChI=1S/C18H22FN3O2S.ClH/c1-14-9-10-16(15(19)13-14)22-18-8-4-3-7-17(18)21(25(22,23)24)12-6-5-11-20-2;/h3-4,7-10,13,20H,5-6,11-12H2,1-2H3;1H. The number of nitrogens with one attached hydrogen (secondary N) is 1. The molecule has 0 saturated heterocycles. The van der Waals surface area contributed by atoms with Crippen LogP contribution < -0.4 is 13.9 Å². The molecule has 2 aromatic rings. The molecule has 0 spiro atoms. The fourth-order valence-electron chi connectivity index (χ4n) is 3.02. The molecule has 5 nitrogen and oxygen atoms in total. The molecule has 0 aromatic heterocycles. The van der Waals surface area contributed by atoms with Crippen LogP contribution in [0, 0.1) is 12.7 Å². The molecule has 0 fully saturated rings. The van der Waals surface area contributed by atoms with Gasteiger partial charge in [0.05, 0.1) is 17.1 Å². The Morgan fingerprint density at radius 1 is 1.04 bits per heavy atom. The van der Waals surface area contributed by atoms with Crippen LogP contribution >= 0.6 is 12.4 Å². The highest BCUT2D eigenvalue weighted by atomic mass is 35.5. The van der Waals surface area contributed by atoms with Gasteiger partial charge in [0.1, 0.15) is 5.82 Å². The summed E-state index contributed by atoms with van der Waals surface area (Å²) in [6, 6.07) is 11.6. The van der Waals surface area contributed by atoms with Gasteiger partial charge in [0.15, 0.2) is 0 Å². The summed E-state index contributed by atoms with van der Waals surface area (Å²) < 4.78 is 43.2. The van der Waals surface area contributed by atoms with Gasteiger partial charge in [0, 0.05) is 6.54 Å². The first-order valence-corrected chi connectivity index (χ1v) is 9.69. The normalized spacial score (nSPS) is 14.9. The summed E-state index contributed by atoms with van der Waals surface area (Å²) in [7, 11) is -1.99. The molecule has 2 aromatic carbocycles. The molecule has 0 bridgehead atoms. The topological polar surface area (TPSA) is 52.6 Å². The van der Waals surface area contributed by atoms with Gasteiger partial charge >= 0.3 is 10.2 Å². The van der Waals surface area contributed by atoms with Gasteiger partial charge in [-0.3, -0.25) is 4.31 Å². The molecule has 0 unspecified atom stereocenters. The monoisotopic (exact) mass is 399 g/mol. The molecule has 26 heavy (non-hydrogen) atoms. The van der Waals surface area contributed by atoms with Crippen molar-refractivity contribution in [3.05, 3.63) is 53.8 Å². The number of para-hydroxylation sites is 2. The second-order valence-corrected chi connectivity index (χ2v) is 7.80. The van der Waals surface area contributed by atoms with Crippen molar-refractivity contribution in [2.45, 2.75) is 19.8 Å². The molecular formula is C18H23ClFN3O2S. The van der Waals surface area contributed by atoms with Gasteiger partial charge in [-0.05, 0) is 63.2 Å². The zero-order valence-corrected chi connectivity index (χ0v) is 16.4. The Labute approximate surface area is 160 Å². The predicted molar refractivity (Wildman–Crippen MR) is 106 cm³/mol. The molecule has 0 aliphatic carbocycles. The summed E-state index contributed by atoms with van der Waals surface area (Å²) in [5.74, 6) is -0.546. The van der Waals surface area contributed by atoms with E-state index < -0.39 is 16.0 Å². The molecule has 0 radical (unpaired) electrons. The molecule has 3 rings (SSSR count). The van der Waals surface area contributed by atoms with Crippen molar-refractivity contribution in [2.24, 2.45) is 0 Å². The van der Waals surface area contributed by atoms with Gasteiger partial charge in [-0.15, -0.1) is 12.4 Å². The van der Waals surface area contributed by atoms with E-state index in [1.807, 2.05) is 7.05 Å². The summed E-state index contributed by atoms with van der Waals surface area (Å²) in [4.78, 5) is 0. The number of unbranched alkanes of at least 4 members (excludes halogenated alkanes) is 1. The smallest absolute Gasteiger partial charge is 0.320 e. The van der Waals surface area contributed by atoms with E-state index >= 15 is 0 Å². The largest absolute Gasteiger partial charge is 0.331 e. The molecule has 8 heteroatoms. The van der Waals surface area contributed by atoms with E-state index in [-0.39, 0.29) is 18.1 Å². The first-order chi connectivity index (χ1) is 12.0. The number of fused-ring (bicyclic) bond motifs is 1. The van der Waals surface area contributed by atoms with Crippen LogP contribution in [0.3, 0.4) is 0 Å².